The summed E-state index contributed by atoms with van der Waals surface area (Å²) in [5, 5.41) is 7.85. The SMILES string of the molecule is Cc1ccc(-c2c[nH]c(=O)c(C(N)=O)c2)nn1. The second kappa shape index (κ2) is 4.17. The summed E-state index contributed by atoms with van der Waals surface area (Å²) in [7, 11) is 0. The monoisotopic (exact) mass is 230 g/mol. The highest BCUT2D eigenvalue weighted by Gasteiger charge is 2.09. The van der Waals surface area contributed by atoms with Gasteiger partial charge in [-0.3, -0.25) is 9.59 Å². The van der Waals surface area contributed by atoms with Crippen LogP contribution in [0.1, 0.15) is 16.1 Å². The van der Waals surface area contributed by atoms with E-state index in [9.17, 15) is 9.59 Å². The zero-order valence-electron chi connectivity index (χ0n) is 9.10. The van der Waals surface area contributed by atoms with Gasteiger partial charge in [0.05, 0.1) is 11.4 Å². The Morgan fingerprint density at radius 3 is 2.71 bits per heavy atom. The van der Waals surface area contributed by atoms with Crippen molar-refractivity contribution in [1.82, 2.24) is 15.2 Å². The summed E-state index contributed by atoms with van der Waals surface area (Å²) in [4.78, 5) is 24.8. The summed E-state index contributed by atoms with van der Waals surface area (Å²) in [6, 6.07) is 4.94. The molecule has 17 heavy (non-hydrogen) atoms. The van der Waals surface area contributed by atoms with Gasteiger partial charge in [-0.2, -0.15) is 10.2 Å². The summed E-state index contributed by atoms with van der Waals surface area (Å²) in [6.07, 6.45) is 1.47. The number of pyridine rings is 1. The van der Waals surface area contributed by atoms with Gasteiger partial charge in [0.25, 0.3) is 11.5 Å². The first-order chi connectivity index (χ1) is 8.08. The van der Waals surface area contributed by atoms with Crippen LogP contribution < -0.4 is 11.3 Å². The maximum absolute atomic E-state index is 11.3. The smallest absolute Gasteiger partial charge is 0.260 e. The van der Waals surface area contributed by atoms with Gasteiger partial charge in [0.15, 0.2) is 0 Å². The molecule has 6 nitrogen and oxygen atoms in total. The largest absolute Gasteiger partial charge is 0.365 e. The van der Waals surface area contributed by atoms with Crippen LogP contribution in [-0.4, -0.2) is 21.1 Å². The standard InChI is InChI=1S/C11H10N4O2/c1-6-2-3-9(15-14-6)7-4-8(10(12)16)11(17)13-5-7/h2-5H,1H3,(H2,12,16)(H,13,17). The quantitative estimate of drug-likeness (QED) is 0.771. The molecule has 0 saturated carbocycles. The van der Waals surface area contributed by atoms with Gasteiger partial charge >= 0.3 is 0 Å². The molecule has 0 spiro atoms. The molecule has 2 heterocycles. The van der Waals surface area contributed by atoms with Crippen LogP contribution in [0.2, 0.25) is 0 Å². The molecule has 86 valence electrons. The summed E-state index contributed by atoms with van der Waals surface area (Å²) in [6.45, 7) is 1.82. The molecule has 0 aromatic carbocycles. The van der Waals surface area contributed by atoms with Crippen molar-refractivity contribution in [3.63, 3.8) is 0 Å². The summed E-state index contributed by atoms with van der Waals surface area (Å²) in [5.74, 6) is -0.770. The van der Waals surface area contributed by atoms with Crippen molar-refractivity contribution < 1.29 is 4.79 Å². The second-order valence-electron chi connectivity index (χ2n) is 3.56. The van der Waals surface area contributed by atoms with Crippen molar-refractivity contribution in [2.75, 3.05) is 0 Å². The highest BCUT2D eigenvalue weighted by atomic mass is 16.2. The predicted octanol–water partition coefficient (Wildman–Crippen LogP) is 0.239. The number of hydrogen-bond donors (Lipinski definition) is 2. The lowest BCUT2D eigenvalue weighted by molar-refractivity contribution is 0.0999. The molecular formula is C11H10N4O2. The maximum atomic E-state index is 11.3. The molecule has 0 fully saturated rings. The average molecular weight is 230 g/mol. The number of aromatic nitrogens is 3. The third kappa shape index (κ3) is 2.20. The van der Waals surface area contributed by atoms with E-state index in [2.05, 4.69) is 15.2 Å². The number of carbonyl (C=O) groups is 1. The van der Waals surface area contributed by atoms with Gasteiger partial charge in [0, 0.05) is 11.8 Å². The van der Waals surface area contributed by atoms with Crippen LogP contribution in [0.4, 0.5) is 0 Å². The Balaban J connectivity index is 2.53. The topological polar surface area (TPSA) is 102 Å². The minimum atomic E-state index is -0.770. The molecule has 2 rings (SSSR count). The Bertz CT molecular complexity index is 616. The van der Waals surface area contributed by atoms with Crippen molar-refractivity contribution in [1.29, 1.82) is 0 Å². The molecule has 6 heteroatoms. The Morgan fingerprint density at radius 1 is 1.35 bits per heavy atom. The molecule has 0 aliphatic carbocycles. The van der Waals surface area contributed by atoms with E-state index in [1.807, 2.05) is 6.92 Å². The number of H-pyrrole nitrogens is 1. The molecule has 0 saturated heterocycles. The van der Waals surface area contributed by atoms with Crippen molar-refractivity contribution >= 4 is 5.91 Å². The molecule has 0 aliphatic rings. The Labute approximate surface area is 96.5 Å². The van der Waals surface area contributed by atoms with E-state index in [0.29, 0.717) is 11.3 Å². The molecule has 0 bridgehead atoms. The lowest BCUT2D eigenvalue weighted by Crippen LogP contribution is -2.23. The Kier molecular flexibility index (Phi) is 2.70. The van der Waals surface area contributed by atoms with Crippen LogP contribution in [-0.2, 0) is 0 Å². The molecule has 1 amide bonds. The molecule has 2 aromatic heterocycles. The van der Waals surface area contributed by atoms with Gasteiger partial charge < -0.3 is 10.7 Å². The molecule has 0 radical (unpaired) electrons. The van der Waals surface area contributed by atoms with Gasteiger partial charge in [-0.05, 0) is 25.1 Å². The number of rotatable bonds is 2. The number of carbonyl (C=O) groups excluding carboxylic acids is 1. The van der Waals surface area contributed by atoms with E-state index >= 15 is 0 Å². The van der Waals surface area contributed by atoms with Gasteiger partial charge in [0.2, 0.25) is 0 Å². The van der Waals surface area contributed by atoms with Crippen molar-refractivity contribution in [3.8, 4) is 11.3 Å². The highest BCUT2D eigenvalue weighted by molar-refractivity contribution is 5.93. The molecule has 0 unspecified atom stereocenters. The summed E-state index contributed by atoms with van der Waals surface area (Å²) < 4.78 is 0. The minimum Gasteiger partial charge on any atom is -0.365 e. The molecule has 2 aromatic rings. The van der Waals surface area contributed by atoms with Crippen LogP contribution in [0.25, 0.3) is 11.3 Å². The highest BCUT2D eigenvalue weighted by Crippen LogP contribution is 2.14. The summed E-state index contributed by atoms with van der Waals surface area (Å²) >= 11 is 0. The minimum absolute atomic E-state index is 0.0927. The van der Waals surface area contributed by atoms with E-state index in [0.717, 1.165) is 5.69 Å². The number of hydrogen-bond acceptors (Lipinski definition) is 4. The average Bonchev–Trinajstić information content (AvgIpc) is 2.30. The fraction of sp³-hybridized carbons (Fsp3) is 0.0909. The zero-order valence-corrected chi connectivity index (χ0v) is 9.10. The number of nitrogens with two attached hydrogens (primary N) is 1. The fourth-order valence-electron chi connectivity index (χ4n) is 1.37. The number of nitrogens with zero attached hydrogens (tertiary/aromatic N) is 2. The third-order valence-corrected chi connectivity index (χ3v) is 2.26. The fourth-order valence-corrected chi connectivity index (χ4v) is 1.37. The maximum Gasteiger partial charge on any atom is 0.260 e. The third-order valence-electron chi connectivity index (χ3n) is 2.26. The second-order valence-corrected chi connectivity index (χ2v) is 3.56. The van der Waals surface area contributed by atoms with Crippen LogP contribution >= 0.6 is 0 Å². The Hall–Kier alpha value is -2.50. The van der Waals surface area contributed by atoms with Gasteiger partial charge in [0.1, 0.15) is 5.56 Å². The molecule has 0 atom stereocenters. The van der Waals surface area contributed by atoms with Crippen LogP contribution in [0.3, 0.4) is 0 Å². The van der Waals surface area contributed by atoms with E-state index < -0.39 is 11.5 Å². The van der Waals surface area contributed by atoms with E-state index in [4.69, 9.17) is 5.73 Å². The number of aromatic amines is 1. The first-order valence-electron chi connectivity index (χ1n) is 4.91. The summed E-state index contributed by atoms with van der Waals surface area (Å²) in [5.41, 5.74) is 6.42. The van der Waals surface area contributed by atoms with Crippen LogP contribution in [0.15, 0.2) is 29.2 Å². The lowest BCUT2D eigenvalue weighted by atomic mass is 10.1. The zero-order chi connectivity index (χ0) is 12.4. The van der Waals surface area contributed by atoms with Crippen LogP contribution in [0, 0.1) is 6.92 Å². The van der Waals surface area contributed by atoms with E-state index in [1.165, 1.54) is 12.3 Å². The van der Waals surface area contributed by atoms with Crippen molar-refractivity contribution in [3.05, 3.63) is 46.0 Å². The number of nitrogens with one attached hydrogen (secondary N) is 1. The normalized spacial score (nSPS) is 10.2. The number of amides is 1. The van der Waals surface area contributed by atoms with Gasteiger partial charge in [-0.15, -0.1) is 0 Å². The predicted molar refractivity (Wildman–Crippen MR) is 61.3 cm³/mol. The van der Waals surface area contributed by atoms with E-state index in [1.54, 1.807) is 12.1 Å². The lowest BCUT2D eigenvalue weighted by Gasteiger charge is -2.01. The molecule has 3 N–H and O–H groups in total. The first kappa shape index (κ1) is 11.0. The van der Waals surface area contributed by atoms with Gasteiger partial charge in [-0.1, -0.05) is 0 Å². The van der Waals surface area contributed by atoms with Gasteiger partial charge in [-0.25, -0.2) is 0 Å². The molecule has 0 aliphatic heterocycles. The Morgan fingerprint density at radius 2 is 2.12 bits per heavy atom. The molecular weight excluding hydrogens is 220 g/mol. The van der Waals surface area contributed by atoms with Crippen molar-refractivity contribution in [2.45, 2.75) is 6.92 Å². The van der Waals surface area contributed by atoms with E-state index in [-0.39, 0.29) is 5.56 Å². The van der Waals surface area contributed by atoms with Crippen LogP contribution in [0.5, 0.6) is 0 Å². The first-order valence-corrected chi connectivity index (χ1v) is 4.91. The number of aryl methyl sites for hydroxylation is 1. The van der Waals surface area contributed by atoms with Crippen molar-refractivity contribution in [2.24, 2.45) is 5.73 Å². The number of primary amides is 1.